The Morgan fingerprint density at radius 2 is 1.85 bits per heavy atom. The van der Waals surface area contributed by atoms with Gasteiger partial charge in [-0.2, -0.15) is 0 Å². The van der Waals surface area contributed by atoms with Gasteiger partial charge in [-0.25, -0.2) is 9.78 Å². The molecule has 0 aliphatic carbocycles. The van der Waals surface area contributed by atoms with Crippen LogP contribution in [0.25, 0.3) is 10.6 Å². The van der Waals surface area contributed by atoms with Gasteiger partial charge < -0.3 is 10.1 Å². The first kappa shape index (κ1) is 20.9. The Hall–Kier alpha value is -2.41. The molecule has 0 aliphatic rings. The first-order chi connectivity index (χ1) is 12.6. The minimum atomic E-state index is -0.508. The number of rotatable bonds is 6. The van der Waals surface area contributed by atoms with Crippen LogP contribution in [0.5, 0.6) is 5.75 Å². The summed E-state index contributed by atoms with van der Waals surface area (Å²) in [7, 11) is 0. The van der Waals surface area contributed by atoms with Crippen molar-refractivity contribution in [3.05, 3.63) is 35.3 Å². The van der Waals surface area contributed by atoms with Crippen LogP contribution in [0, 0.1) is 5.92 Å². The van der Waals surface area contributed by atoms with Gasteiger partial charge in [0.05, 0.1) is 5.69 Å². The normalized spacial score (nSPS) is 11.3. The molecule has 0 aliphatic heterocycles. The summed E-state index contributed by atoms with van der Waals surface area (Å²) in [6, 6.07) is 6.90. The second-order valence-corrected chi connectivity index (χ2v) is 8.61. The fraction of sp³-hybridized carbons (Fsp3) is 0.450. The molecule has 3 amide bonds. The van der Waals surface area contributed by atoms with Crippen molar-refractivity contribution in [1.29, 1.82) is 0 Å². The number of carbonyl (C=O) groups is 2. The molecule has 2 aromatic rings. The highest BCUT2D eigenvalue weighted by atomic mass is 32.1. The van der Waals surface area contributed by atoms with Gasteiger partial charge in [0.1, 0.15) is 10.8 Å². The molecule has 0 bridgehead atoms. The molecule has 6 nitrogen and oxygen atoms in total. The molecule has 0 atom stereocenters. The average Bonchev–Trinajstić information content (AvgIpc) is 3.09. The lowest BCUT2D eigenvalue weighted by Crippen LogP contribution is -2.42. The van der Waals surface area contributed by atoms with Crippen molar-refractivity contribution < 1.29 is 14.3 Å². The minimum absolute atomic E-state index is 0.0205. The number of hydrogen-bond donors (Lipinski definition) is 2. The fourth-order valence-corrected chi connectivity index (χ4v) is 3.15. The minimum Gasteiger partial charge on any atom is -0.484 e. The van der Waals surface area contributed by atoms with Gasteiger partial charge in [-0.05, 0) is 30.2 Å². The lowest BCUT2D eigenvalue weighted by atomic mass is 9.93. The molecule has 0 saturated heterocycles. The van der Waals surface area contributed by atoms with E-state index in [0.29, 0.717) is 18.2 Å². The van der Waals surface area contributed by atoms with Crippen molar-refractivity contribution >= 4 is 23.3 Å². The lowest BCUT2D eigenvalue weighted by Gasteiger charge is -2.14. The Morgan fingerprint density at radius 3 is 2.41 bits per heavy atom. The van der Waals surface area contributed by atoms with Crippen molar-refractivity contribution in [2.24, 2.45) is 5.92 Å². The zero-order valence-electron chi connectivity index (χ0n) is 16.5. The monoisotopic (exact) mass is 389 g/mol. The van der Waals surface area contributed by atoms with Crippen molar-refractivity contribution in [2.75, 3.05) is 13.2 Å². The molecule has 0 spiro atoms. The molecule has 27 heavy (non-hydrogen) atoms. The van der Waals surface area contributed by atoms with Gasteiger partial charge >= 0.3 is 6.03 Å². The molecule has 7 heteroatoms. The van der Waals surface area contributed by atoms with E-state index in [0.717, 1.165) is 16.3 Å². The highest BCUT2D eigenvalue weighted by molar-refractivity contribution is 7.13. The molecule has 1 aromatic carbocycles. The molecule has 2 N–H and O–H groups in total. The molecule has 1 aromatic heterocycles. The van der Waals surface area contributed by atoms with E-state index in [1.807, 2.05) is 26.0 Å². The number of imide groups is 1. The molecule has 0 radical (unpaired) electrons. The topological polar surface area (TPSA) is 80.3 Å². The predicted octanol–water partition coefficient (Wildman–Crippen LogP) is 3.97. The highest BCUT2D eigenvalue weighted by Crippen LogP contribution is 2.30. The summed E-state index contributed by atoms with van der Waals surface area (Å²) in [5.74, 6) is 0.386. The zero-order valence-corrected chi connectivity index (χ0v) is 17.3. The smallest absolute Gasteiger partial charge is 0.321 e. The second kappa shape index (κ2) is 8.99. The number of amides is 3. The Labute approximate surface area is 164 Å². The van der Waals surface area contributed by atoms with Crippen LogP contribution in [0.2, 0.25) is 0 Å². The van der Waals surface area contributed by atoms with E-state index in [9.17, 15) is 9.59 Å². The number of carbonyl (C=O) groups excluding carboxylic acids is 2. The van der Waals surface area contributed by atoms with Crippen LogP contribution >= 0.6 is 11.3 Å². The van der Waals surface area contributed by atoms with E-state index in [2.05, 4.69) is 41.8 Å². The fourth-order valence-electron chi connectivity index (χ4n) is 2.10. The largest absolute Gasteiger partial charge is 0.484 e. The maximum Gasteiger partial charge on any atom is 0.321 e. The number of benzene rings is 1. The first-order valence-corrected chi connectivity index (χ1v) is 9.80. The quantitative estimate of drug-likeness (QED) is 0.783. The number of nitrogens with one attached hydrogen (secondary N) is 2. The summed E-state index contributed by atoms with van der Waals surface area (Å²) in [6.45, 7) is 10.6. The number of ether oxygens (including phenoxy) is 1. The van der Waals surface area contributed by atoms with Gasteiger partial charge in [0, 0.05) is 22.9 Å². The van der Waals surface area contributed by atoms with Gasteiger partial charge in [-0.3, -0.25) is 10.1 Å². The van der Waals surface area contributed by atoms with Gasteiger partial charge in [0.2, 0.25) is 0 Å². The maximum atomic E-state index is 11.8. The van der Waals surface area contributed by atoms with Crippen molar-refractivity contribution in [1.82, 2.24) is 15.6 Å². The molecular formula is C20H27N3O3S. The number of aromatic nitrogens is 1. The Balaban J connectivity index is 1.86. The molecule has 0 saturated carbocycles. The third-order valence-electron chi connectivity index (χ3n) is 3.67. The standard InChI is InChI=1S/C20H27N3O3S/c1-13(2)10-21-19(25)23-17(24)11-26-15-8-6-14(7-9-15)18-22-16(12-27-18)20(3,4)5/h6-9,12-13H,10-11H2,1-5H3,(H2,21,23,24,25). The van der Waals surface area contributed by atoms with E-state index in [4.69, 9.17) is 4.74 Å². The summed E-state index contributed by atoms with van der Waals surface area (Å²) in [5.41, 5.74) is 2.09. The molecule has 0 fully saturated rings. The number of nitrogens with zero attached hydrogens (tertiary/aromatic N) is 1. The molecule has 0 unspecified atom stereocenters. The second-order valence-electron chi connectivity index (χ2n) is 7.75. The van der Waals surface area contributed by atoms with Crippen LogP contribution in [-0.2, 0) is 10.2 Å². The summed E-state index contributed by atoms with van der Waals surface area (Å²) < 4.78 is 5.44. The lowest BCUT2D eigenvalue weighted by molar-refractivity contribution is -0.122. The predicted molar refractivity (Wildman–Crippen MR) is 108 cm³/mol. The average molecular weight is 390 g/mol. The SMILES string of the molecule is CC(C)CNC(=O)NC(=O)COc1ccc(-c2nc(C(C)(C)C)cs2)cc1. The first-order valence-electron chi connectivity index (χ1n) is 8.92. The summed E-state index contributed by atoms with van der Waals surface area (Å²) >= 11 is 1.61. The Kier molecular flexibility index (Phi) is 6.96. The molecule has 146 valence electrons. The maximum absolute atomic E-state index is 11.8. The van der Waals surface area contributed by atoms with Crippen LogP contribution < -0.4 is 15.4 Å². The highest BCUT2D eigenvalue weighted by Gasteiger charge is 2.18. The van der Waals surface area contributed by atoms with E-state index in [1.54, 1.807) is 23.5 Å². The van der Waals surface area contributed by atoms with Crippen molar-refractivity contribution in [3.63, 3.8) is 0 Å². The van der Waals surface area contributed by atoms with E-state index >= 15 is 0 Å². The zero-order chi connectivity index (χ0) is 20.0. The van der Waals surface area contributed by atoms with Crippen molar-refractivity contribution in [2.45, 2.75) is 40.0 Å². The van der Waals surface area contributed by atoms with Crippen LogP contribution in [0.15, 0.2) is 29.6 Å². The number of urea groups is 1. The summed E-state index contributed by atoms with van der Waals surface area (Å²) in [5, 5.41) is 7.88. The Bertz CT molecular complexity index is 777. The molecule has 1 heterocycles. The Morgan fingerprint density at radius 1 is 1.19 bits per heavy atom. The van der Waals surface area contributed by atoms with E-state index in [-0.39, 0.29) is 12.0 Å². The number of thiazole rings is 1. The number of hydrogen-bond acceptors (Lipinski definition) is 5. The van der Waals surface area contributed by atoms with Gasteiger partial charge in [-0.1, -0.05) is 34.6 Å². The molecule has 2 rings (SSSR count). The third-order valence-corrected chi connectivity index (χ3v) is 4.56. The summed E-state index contributed by atoms with van der Waals surface area (Å²) in [4.78, 5) is 28.0. The van der Waals surface area contributed by atoms with Crippen LogP contribution in [-0.4, -0.2) is 30.1 Å². The van der Waals surface area contributed by atoms with Gasteiger partial charge in [0.15, 0.2) is 6.61 Å². The van der Waals surface area contributed by atoms with E-state index in [1.165, 1.54) is 0 Å². The van der Waals surface area contributed by atoms with Gasteiger partial charge in [-0.15, -0.1) is 11.3 Å². The molecular weight excluding hydrogens is 362 g/mol. The van der Waals surface area contributed by atoms with Crippen LogP contribution in [0.3, 0.4) is 0 Å². The van der Waals surface area contributed by atoms with E-state index < -0.39 is 11.9 Å². The van der Waals surface area contributed by atoms with Gasteiger partial charge in [0.25, 0.3) is 5.91 Å². The van der Waals surface area contributed by atoms with Crippen molar-refractivity contribution in [3.8, 4) is 16.3 Å². The van der Waals surface area contributed by atoms with Crippen LogP contribution in [0.1, 0.15) is 40.3 Å². The third kappa shape index (κ3) is 6.67. The summed E-state index contributed by atoms with van der Waals surface area (Å²) in [6.07, 6.45) is 0. The van der Waals surface area contributed by atoms with Crippen LogP contribution in [0.4, 0.5) is 4.79 Å².